The molecule has 3 rings (SSSR count). The molecule has 0 aliphatic carbocycles. The second-order valence-corrected chi connectivity index (χ2v) is 5.48. The van der Waals surface area contributed by atoms with Crippen molar-refractivity contribution < 1.29 is 4.42 Å². The first-order chi connectivity index (χ1) is 9.56. The molecular weight excluding hydrogens is 246 g/mol. The summed E-state index contributed by atoms with van der Waals surface area (Å²) in [7, 11) is 0. The fourth-order valence-corrected chi connectivity index (χ4v) is 2.58. The second-order valence-electron chi connectivity index (χ2n) is 5.48. The van der Waals surface area contributed by atoms with Crippen molar-refractivity contribution in [3.63, 3.8) is 0 Å². The van der Waals surface area contributed by atoms with Gasteiger partial charge in [0, 0.05) is 10.9 Å². The van der Waals surface area contributed by atoms with Gasteiger partial charge in [0.15, 0.2) is 0 Å². The number of nitrogens with two attached hydrogens (primary N) is 1. The largest absolute Gasteiger partial charge is 0.459 e. The third-order valence-electron chi connectivity index (χ3n) is 3.85. The minimum Gasteiger partial charge on any atom is -0.459 e. The topological polar surface area (TPSA) is 39.2 Å². The molecule has 3 aromatic rings. The highest BCUT2D eigenvalue weighted by Gasteiger charge is 2.18. The van der Waals surface area contributed by atoms with Crippen molar-refractivity contribution >= 4 is 11.0 Å². The molecule has 1 atom stereocenters. The molecule has 102 valence electrons. The fourth-order valence-electron chi connectivity index (χ4n) is 2.58. The summed E-state index contributed by atoms with van der Waals surface area (Å²) in [6, 6.07) is 14.3. The lowest BCUT2D eigenvalue weighted by atomic mass is 10.0. The molecule has 1 unspecified atom stereocenters. The van der Waals surface area contributed by atoms with E-state index in [1.165, 1.54) is 11.1 Å². The van der Waals surface area contributed by atoms with Gasteiger partial charge in [-0.05, 0) is 38.5 Å². The van der Waals surface area contributed by atoms with Crippen molar-refractivity contribution in [3.8, 4) is 0 Å². The summed E-state index contributed by atoms with van der Waals surface area (Å²) in [5, 5.41) is 1.16. The smallest absolute Gasteiger partial charge is 0.134 e. The lowest BCUT2D eigenvalue weighted by Gasteiger charge is -2.10. The van der Waals surface area contributed by atoms with E-state index in [1.54, 1.807) is 0 Å². The van der Waals surface area contributed by atoms with Gasteiger partial charge in [0.25, 0.3) is 0 Å². The van der Waals surface area contributed by atoms with Crippen molar-refractivity contribution in [1.82, 2.24) is 0 Å². The average Bonchev–Trinajstić information content (AvgIpc) is 2.76. The van der Waals surface area contributed by atoms with E-state index < -0.39 is 0 Å². The number of rotatable bonds is 2. The normalized spacial score (nSPS) is 12.8. The van der Waals surface area contributed by atoms with Gasteiger partial charge in [0.05, 0.1) is 6.04 Å². The van der Waals surface area contributed by atoms with Crippen LogP contribution in [0.2, 0.25) is 0 Å². The lowest BCUT2D eigenvalue weighted by Crippen LogP contribution is -2.11. The molecule has 0 saturated heterocycles. The van der Waals surface area contributed by atoms with Crippen molar-refractivity contribution in [3.05, 3.63) is 70.5 Å². The second kappa shape index (κ2) is 4.80. The Balaban J connectivity index is 2.09. The van der Waals surface area contributed by atoms with Crippen LogP contribution < -0.4 is 5.73 Å². The highest BCUT2D eigenvalue weighted by atomic mass is 16.3. The maximum Gasteiger partial charge on any atom is 0.134 e. The highest BCUT2D eigenvalue weighted by Crippen LogP contribution is 2.32. The monoisotopic (exact) mass is 265 g/mol. The zero-order chi connectivity index (χ0) is 14.3. The van der Waals surface area contributed by atoms with Gasteiger partial charge in [0.2, 0.25) is 0 Å². The van der Waals surface area contributed by atoms with Gasteiger partial charge < -0.3 is 10.2 Å². The third kappa shape index (κ3) is 2.12. The maximum atomic E-state index is 6.38. The van der Waals surface area contributed by atoms with Crippen LogP contribution in [0.25, 0.3) is 11.0 Å². The SMILES string of the molecule is Cc1ccc(C(N)c2oc3ccc(C)cc3c2C)cc1. The molecule has 0 bridgehead atoms. The van der Waals surface area contributed by atoms with Gasteiger partial charge in [-0.3, -0.25) is 0 Å². The minimum absolute atomic E-state index is 0.219. The van der Waals surface area contributed by atoms with Crippen LogP contribution in [0.15, 0.2) is 46.9 Å². The van der Waals surface area contributed by atoms with E-state index in [2.05, 4.69) is 57.2 Å². The summed E-state index contributed by atoms with van der Waals surface area (Å²) in [4.78, 5) is 0. The Morgan fingerprint density at radius 3 is 2.25 bits per heavy atom. The molecule has 1 aromatic heterocycles. The van der Waals surface area contributed by atoms with E-state index >= 15 is 0 Å². The number of furan rings is 1. The summed E-state index contributed by atoms with van der Waals surface area (Å²) in [6.07, 6.45) is 0. The van der Waals surface area contributed by atoms with E-state index in [-0.39, 0.29) is 6.04 Å². The number of aryl methyl sites for hydroxylation is 3. The molecule has 2 N–H and O–H groups in total. The molecule has 0 aliphatic heterocycles. The van der Waals surface area contributed by atoms with E-state index in [0.29, 0.717) is 0 Å². The third-order valence-corrected chi connectivity index (χ3v) is 3.85. The Bertz CT molecular complexity index is 753. The summed E-state index contributed by atoms with van der Waals surface area (Å²) in [5.41, 5.74) is 12.0. The van der Waals surface area contributed by atoms with E-state index in [4.69, 9.17) is 10.2 Å². The van der Waals surface area contributed by atoms with Gasteiger partial charge in [-0.1, -0.05) is 41.5 Å². The number of hydrogen-bond acceptors (Lipinski definition) is 2. The molecule has 0 spiro atoms. The van der Waals surface area contributed by atoms with E-state index in [0.717, 1.165) is 27.9 Å². The molecular formula is C18H19NO. The highest BCUT2D eigenvalue weighted by molar-refractivity contribution is 5.83. The Labute approximate surface area is 119 Å². The van der Waals surface area contributed by atoms with Crippen LogP contribution >= 0.6 is 0 Å². The molecule has 20 heavy (non-hydrogen) atoms. The molecule has 2 aromatic carbocycles. The minimum atomic E-state index is -0.219. The molecule has 2 heteroatoms. The van der Waals surface area contributed by atoms with Crippen LogP contribution in [0.1, 0.15) is 34.1 Å². The summed E-state index contributed by atoms with van der Waals surface area (Å²) in [6.45, 7) is 6.24. The lowest BCUT2D eigenvalue weighted by molar-refractivity contribution is 0.521. The number of hydrogen-bond donors (Lipinski definition) is 1. The molecule has 0 saturated carbocycles. The van der Waals surface area contributed by atoms with Crippen molar-refractivity contribution in [2.75, 3.05) is 0 Å². The predicted octanol–water partition coefficient (Wildman–Crippen LogP) is 4.41. The van der Waals surface area contributed by atoms with Gasteiger partial charge in [0.1, 0.15) is 11.3 Å². The number of fused-ring (bicyclic) bond motifs is 1. The van der Waals surface area contributed by atoms with Crippen LogP contribution in [0, 0.1) is 20.8 Å². The quantitative estimate of drug-likeness (QED) is 0.745. The van der Waals surface area contributed by atoms with Crippen molar-refractivity contribution in [2.24, 2.45) is 5.73 Å². The standard InChI is InChI=1S/C18H19NO/c1-11-4-7-14(8-5-11)17(19)18-13(3)15-10-12(2)6-9-16(15)20-18/h4-10,17H,19H2,1-3H3. The summed E-state index contributed by atoms with van der Waals surface area (Å²) >= 11 is 0. The average molecular weight is 265 g/mol. The van der Waals surface area contributed by atoms with Crippen molar-refractivity contribution in [2.45, 2.75) is 26.8 Å². The number of benzene rings is 2. The van der Waals surface area contributed by atoms with E-state index in [9.17, 15) is 0 Å². The van der Waals surface area contributed by atoms with Gasteiger partial charge in [-0.2, -0.15) is 0 Å². The molecule has 0 fully saturated rings. The molecule has 1 heterocycles. The Morgan fingerprint density at radius 1 is 0.900 bits per heavy atom. The summed E-state index contributed by atoms with van der Waals surface area (Å²) in [5.74, 6) is 0.856. The molecule has 0 radical (unpaired) electrons. The zero-order valence-corrected chi connectivity index (χ0v) is 12.1. The Kier molecular flexibility index (Phi) is 3.11. The Hall–Kier alpha value is -2.06. The Morgan fingerprint density at radius 2 is 1.55 bits per heavy atom. The molecule has 0 amide bonds. The molecule has 2 nitrogen and oxygen atoms in total. The molecule has 0 aliphatic rings. The van der Waals surface area contributed by atoms with Crippen LogP contribution in [0.4, 0.5) is 0 Å². The van der Waals surface area contributed by atoms with E-state index in [1.807, 2.05) is 6.07 Å². The first-order valence-corrected chi connectivity index (χ1v) is 6.88. The first kappa shape index (κ1) is 12.9. The summed E-state index contributed by atoms with van der Waals surface area (Å²) < 4.78 is 5.98. The van der Waals surface area contributed by atoms with Crippen molar-refractivity contribution in [1.29, 1.82) is 0 Å². The van der Waals surface area contributed by atoms with Crippen LogP contribution in [0.3, 0.4) is 0 Å². The van der Waals surface area contributed by atoms with Gasteiger partial charge >= 0.3 is 0 Å². The first-order valence-electron chi connectivity index (χ1n) is 6.88. The predicted molar refractivity (Wildman–Crippen MR) is 82.9 cm³/mol. The maximum absolute atomic E-state index is 6.38. The van der Waals surface area contributed by atoms with Gasteiger partial charge in [-0.25, -0.2) is 0 Å². The fraction of sp³-hybridized carbons (Fsp3) is 0.222. The zero-order valence-electron chi connectivity index (χ0n) is 12.1. The van der Waals surface area contributed by atoms with Crippen LogP contribution in [-0.4, -0.2) is 0 Å². The van der Waals surface area contributed by atoms with Crippen LogP contribution in [-0.2, 0) is 0 Å². The van der Waals surface area contributed by atoms with Crippen LogP contribution in [0.5, 0.6) is 0 Å². The van der Waals surface area contributed by atoms with Gasteiger partial charge in [-0.15, -0.1) is 0 Å².